The van der Waals surface area contributed by atoms with Crippen molar-refractivity contribution in [3.63, 3.8) is 0 Å². The zero-order valence-electron chi connectivity index (χ0n) is 13.6. The Morgan fingerprint density at radius 3 is 2.65 bits per heavy atom. The highest BCUT2D eigenvalue weighted by Gasteiger charge is 2.12. The maximum Gasteiger partial charge on any atom is 0.129 e. The number of hydrogen-bond acceptors (Lipinski definition) is 4. The smallest absolute Gasteiger partial charge is 0.129 e. The summed E-state index contributed by atoms with van der Waals surface area (Å²) in [5.74, 6) is 1.04. The molecule has 0 spiro atoms. The number of aromatic nitrogens is 1. The van der Waals surface area contributed by atoms with E-state index < -0.39 is 0 Å². The van der Waals surface area contributed by atoms with Crippen molar-refractivity contribution in [3.05, 3.63) is 23.4 Å². The molecule has 0 radical (unpaired) electrons. The van der Waals surface area contributed by atoms with E-state index in [2.05, 4.69) is 50.0 Å². The van der Waals surface area contributed by atoms with E-state index in [-0.39, 0.29) is 0 Å². The monoisotopic (exact) mass is 279 g/mol. The first-order chi connectivity index (χ1) is 9.60. The van der Waals surface area contributed by atoms with E-state index in [1.165, 1.54) is 5.56 Å². The quantitative estimate of drug-likeness (QED) is 0.705. The van der Waals surface area contributed by atoms with Gasteiger partial charge in [-0.15, -0.1) is 0 Å². The van der Waals surface area contributed by atoms with Crippen LogP contribution in [0.1, 0.15) is 38.4 Å². The van der Waals surface area contributed by atoms with Gasteiger partial charge in [0.05, 0.1) is 6.61 Å². The van der Waals surface area contributed by atoms with Crippen molar-refractivity contribution in [2.45, 2.75) is 46.7 Å². The third-order valence-corrected chi connectivity index (χ3v) is 3.38. The van der Waals surface area contributed by atoms with Crippen LogP contribution in [0.4, 0.5) is 5.82 Å². The van der Waals surface area contributed by atoms with E-state index in [9.17, 15) is 0 Å². The predicted molar refractivity (Wildman–Crippen MR) is 85.3 cm³/mol. The van der Waals surface area contributed by atoms with Gasteiger partial charge in [-0.3, -0.25) is 0 Å². The molecule has 1 N–H and O–H groups in total. The molecule has 0 aliphatic heterocycles. The molecule has 1 heterocycles. The van der Waals surface area contributed by atoms with Gasteiger partial charge in [0.2, 0.25) is 0 Å². The summed E-state index contributed by atoms with van der Waals surface area (Å²) < 4.78 is 5.18. The fourth-order valence-electron chi connectivity index (χ4n) is 2.15. The molecule has 0 aliphatic rings. The molecular formula is C16H29N3O. The van der Waals surface area contributed by atoms with E-state index in [4.69, 9.17) is 9.72 Å². The average molecular weight is 279 g/mol. The van der Waals surface area contributed by atoms with Gasteiger partial charge in [0.15, 0.2) is 0 Å². The van der Waals surface area contributed by atoms with E-state index in [0.29, 0.717) is 6.04 Å². The molecule has 0 bridgehead atoms. The van der Waals surface area contributed by atoms with Gasteiger partial charge in [-0.2, -0.15) is 0 Å². The summed E-state index contributed by atoms with van der Waals surface area (Å²) in [5, 5.41) is 3.42. The van der Waals surface area contributed by atoms with E-state index in [0.717, 1.165) is 44.2 Å². The van der Waals surface area contributed by atoms with Crippen LogP contribution >= 0.6 is 0 Å². The van der Waals surface area contributed by atoms with Crippen LogP contribution in [0.3, 0.4) is 0 Å². The lowest BCUT2D eigenvalue weighted by Crippen LogP contribution is -2.34. The maximum absolute atomic E-state index is 5.18. The predicted octanol–water partition coefficient (Wildman–Crippen LogP) is 2.75. The van der Waals surface area contributed by atoms with Crippen molar-refractivity contribution in [2.24, 2.45) is 0 Å². The molecule has 0 unspecified atom stereocenters. The molecule has 4 heteroatoms. The Bertz CT molecular complexity index is 393. The zero-order valence-corrected chi connectivity index (χ0v) is 13.6. The number of nitrogens with zero attached hydrogens (tertiary/aromatic N) is 2. The molecule has 20 heavy (non-hydrogen) atoms. The van der Waals surface area contributed by atoms with E-state index in [1.807, 2.05) is 0 Å². The van der Waals surface area contributed by atoms with Crippen LogP contribution in [-0.4, -0.2) is 37.8 Å². The van der Waals surface area contributed by atoms with Crippen molar-refractivity contribution in [3.8, 4) is 0 Å². The Labute approximate surface area is 123 Å². The SMILES string of the molecule is CCCNCc1ccc(N(CCOC)C(C)C)nc1C. The largest absolute Gasteiger partial charge is 0.383 e. The molecule has 1 aromatic heterocycles. The number of anilines is 1. The second-order valence-electron chi connectivity index (χ2n) is 5.37. The Balaban J connectivity index is 2.77. The van der Waals surface area contributed by atoms with Gasteiger partial charge < -0.3 is 15.0 Å². The summed E-state index contributed by atoms with van der Waals surface area (Å²) >= 11 is 0. The number of rotatable bonds is 9. The van der Waals surface area contributed by atoms with Crippen molar-refractivity contribution >= 4 is 5.82 Å². The fraction of sp³-hybridized carbons (Fsp3) is 0.688. The van der Waals surface area contributed by atoms with Gasteiger partial charge in [-0.05, 0) is 45.4 Å². The number of aryl methyl sites for hydroxylation is 1. The molecule has 1 rings (SSSR count). The van der Waals surface area contributed by atoms with Crippen molar-refractivity contribution in [1.82, 2.24) is 10.3 Å². The minimum atomic E-state index is 0.418. The first-order valence-corrected chi connectivity index (χ1v) is 7.53. The third kappa shape index (κ3) is 5.10. The van der Waals surface area contributed by atoms with Crippen LogP contribution in [0.5, 0.6) is 0 Å². The van der Waals surface area contributed by atoms with Crippen LogP contribution in [0, 0.1) is 6.92 Å². The van der Waals surface area contributed by atoms with Gasteiger partial charge >= 0.3 is 0 Å². The first-order valence-electron chi connectivity index (χ1n) is 7.53. The van der Waals surface area contributed by atoms with Crippen molar-refractivity contribution in [2.75, 3.05) is 31.7 Å². The minimum absolute atomic E-state index is 0.418. The van der Waals surface area contributed by atoms with E-state index >= 15 is 0 Å². The molecule has 0 saturated heterocycles. The lowest BCUT2D eigenvalue weighted by Gasteiger charge is -2.28. The maximum atomic E-state index is 5.18. The van der Waals surface area contributed by atoms with Gasteiger partial charge in [0.1, 0.15) is 5.82 Å². The second kappa shape index (κ2) is 8.93. The lowest BCUT2D eigenvalue weighted by molar-refractivity contribution is 0.203. The van der Waals surface area contributed by atoms with Crippen LogP contribution in [0.2, 0.25) is 0 Å². The molecule has 0 amide bonds. The molecule has 4 nitrogen and oxygen atoms in total. The summed E-state index contributed by atoms with van der Waals surface area (Å²) in [4.78, 5) is 7.03. The van der Waals surface area contributed by atoms with Gasteiger partial charge in [0, 0.05) is 31.9 Å². The molecule has 0 saturated carbocycles. The molecule has 0 fully saturated rings. The normalized spacial score (nSPS) is 11.1. The molecule has 0 atom stereocenters. The Kier molecular flexibility index (Phi) is 7.55. The standard InChI is InChI=1S/C16H29N3O/c1-6-9-17-12-15-7-8-16(18-14(15)4)19(13(2)3)10-11-20-5/h7-8,13,17H,6,9-12H2,1-5H3. The molecule has 1 aromatic rings. The van der Waals surface area contributed by atoms with Crippen LogP contribution in [0.15, 0.2) is 12.1 Å². The van der Waals surface area contributed by atoms with Gasteiger partial charge in [-0.25, -0.2) is 4.98 Å². The molecule has 0 aliphatic carbocycles. The summed E-state index contributed by atoms with van der Waals surface area (Å²) in [7, 11) is 1.74. The van der Waals surface area contributed by atoms with Crippen LogP contribution in [-0.2, 0) is 11.3 Å². The number of methoxy groups -OCH3 is 1. The number of nitrogens with one attached hydrogen (secondary N) is 1. The number of ether oxygens (including phenoxy) is 1. The van der Waals surface area contributed by atoms with E-state index in [1.54, 1.807) is 7.11 Å². The van der Waals surface area contributed by atoms with Gasteiger partial charge in [0.25, 0.3) is 0 Å². The zero-order chi connectivity index (χ0) is 15.0. The van der Waals surface area contributed by atoms with Crippen molar-refractivity contribution < 1.29 is 4.74 Å². The Hall–Kier alpha value is -1.13. The lowest BCUT2D eigenvalue weighted by atomic mass is 10.2. The number of hydrogen-bond donors (Lipinski definition) is 1. The average Bonchev–Trinajstić information content (AvgIpc) is 2.41. The summed E-state index contributed by atoms with van der Waals surface area (Å²) in [6.45, 7) is 12.2. The highest BCUT2D eigenvalue weighted by atomic mass is 16.5. The van der Waals surface area contributed by atoms with Crippen LogP contribution in [0.25, 0.3) is 0 Å². The van der Waals surface area contributed by atoms with Gasteiger partial charge in [-0.1, -0.05) is 13.0 Å². The third-order valence-electron chi connectivity index (χ3n) is 3.38. The minimum Gasteiger partial charge on any atom is -0.383 e. The Morgan fingerprint density at radius 2 is 2.10 bits per heavy atom. The van der Waals surface area contributed by atoms with Crippen molar-refractivity contribution in [1.29, 1.82) is 0 Å². The molecule has 0 aromatic carbocycles. The molecular weight excluding hydrogens is 250 g/mol. The second-order valence-corrected chi connectivity index (χ2v) is 5.37. The summed E-state index contributed by atoms with van der Waals surface area (Å²) in [6, 6.07) is 4.72. The summed E-state index contributed by atoms with van der Waals surface area (Å²) in [6.07, 6.45) is 1.16. The summed E-state index contributed by atoms with van der Waals surface area (Å²) in [5.41, 5.74) is 2.38. The number of pyridine rings is 1. The highest BCUT2D eigenvalue weighted by molar-refractivity contribution is 5.42. The Morgan fingerprint density at radius 1 is 1.35 bits per heavy atom. The van der Waals surface area contributed by atoms with Crippen LogP contribution < -0.4 is 10.2 Å². The topological polar surface area (TPSA) is 37.4 Å². The highest BCUT2D eigenvalue weighted by Crippen LogP contribution is 2.17. The fourth-order valence-corrected chi connectivity index (χ4v) is 2.15. The molecule has 114 valence electrons. The first kappa shape index (κ1) is 16.9.